The van der Waals surface area contributed by atoms with Gasteiger partial charge in [0.1, 0.15) is 11.2 Å². The van der Waals surface area contributed by atoms with Gasteiger partial charge in [0.25, 0.3) is 10.2 Å². The average Bonchev–Trinajstić information content (AvgIpc) is 2.67. The van der Waals surface area contributed by atoms with Crippen molar-refractivity contribution in [3.8, 4) is 0 Å². The van der Waals surface area contributed by atoms with Crippen molar-refractivity contribution in [1.82, 2.24) is 13.7 Å². The van der Waals surface area contributed by atoms with Crippen LogP contribution in [0.4, 0.5) is 0 Å². The van der Waals surface area contributed by atoms with Crippen LogP contribution in [0, 0.1) is 0 Å². The van der Waals surface area contributed by atoms with Crippen molar-refractivity contribution in [3.05, 3.63) is 23.6 Å². The van der Waals surface area contributed by atoms with Crippen molar-refractivity contribution in [1.29, 1.82) is 0 Å². The monoisotopic (exact) mass is 246 g/mol. The number of fused-ring (bicyclic) bond motifs is 1. The zero-order valence-corrected chi connectivity index (χ0v) is 9.62. The lowest BCUT2D eigenvalue weighted by Crippen LogP contribution is -2.33. The molecule has 6 nitrogen and oxygen atoms in total. The number of imidazole rings is 1. The van der Waals surface area contributed by atoms with Crippen LogP contribution in [0.25, 0.3) is 4.83 Å². The number of rotatable bonds is 3. The molecule has 0 atom stereocenters. The first kappa shape index (κ1) is 10.6. The number of aromatic nitrogens is 2. The van der Waals surface area contributed by atoms with Crippen LogP contribution >= 0.6 is 11.3 Å². The van der Waals surface area contributed by atoms with Crippen molar-refractivity contribution in [3.63, 3.8) is 0 Å². The molecule has 2 aromatic heterocycles. The number of hydrogen-bond donors (Lipinski definition) is 1. The fourth-order valence-corrected chi connectivity index (χ4v) is 2.36. The van der Waals surface area contributed by atoms with E-state index in [0.717, 1.165) is 14.8 Å². The Morgan fingerprint density at radius 1 is 1.67 bits per heavy atom. The van der Waals surface area contributed by atoms with Crippen LogP contribution in [0.5, 0.6) is 0 Å². The second-order valence-electron chi connectivity index (χ2n) is 3.13. The minimum atomic E-state index is -3.63. The Bertz CT molecular complexity index is 571. The van der Waals surface area contributed by atoms with E-state index in [1.807, 2.05) is 9.78 Å². The van der Waals surface area contributed by atoms with Crippen LogP contribution in [-0.2, 0) is 16.8 Å². The summed E-state index contributed by atoms with van der Waals surface area (Å²) < 4.78 is 25.0. The molecule has 0 aliphatic carbocycles. The number of thiazole rings is 1. The summed E-state index contributed by atoms with van der Waals surface area (Å²) in [5.74, 6) is 0. The second-order valence-corrected chi connectivity index (χ2v) is 5.67. The molecule has 0 amide bonds. The van der Waals surface area contributed by atoms with E-state index in [1.165, 1.54) is 18.4 Å². The van der Waals surface area contributed by atoms with Crippen LogP contribution in [0.3, 0.4) is 0 Å². The zero-order chi connectivity index (χ0) is 11.1. The van der Waals surface area contributed by atoms with E-state index in [0.29, 0.717) is 0 Å². The van der Waals surface area contributed by atoms with Crippen molar-refractivity contribution in [2.45, 2.75) is 6.54 Å². The molecule has 2 aromatic rings. The molecule has 0 aromatic carbocycles. The van der Waals surface area contributed by atoms with Gasteiger partial charge >= 0.3 is 0 Å². The van der Waals surface area contributed by atoms with Gasteiger partial charge in [-0.25, -0.2) is 10.1 Å². The molecule has 0 bridgehead atoms. The van der Waals surface area contributed by atoms with Gasteiger partial charge in [0.2, 0.25) is 0 Å². The first-order chi connectivity index (χ1) is 6.98. The van der Waals surface area contributed by atoms with E-state index in [4.69, 9.17) is 5.14 Å². The van der Waals surface area contributed by atoms with E-state index in [2.05, 4.69) is 4.98 Å². The summed E-state index contributed by atoms with van der Waals surface area (Å²) in [4.78, 5) is 4.95. The van der Waals surface area contributed by atoms with Crippen LogP contribution in [0.2, 0.25) is 0 Å². The normalized spacial score (nSPS) is 12.7. The van der Waals surface area contributed by atoms with Crippen LogP contribution in [-0.4, -0.2) is 29.2 Å². The lowest BCUT2D eigenvalue weighted by molar-refractivity contribution is 0.462. The molecule has 2 N–H and O–H groups in total. The molecule has 82 valence electrons. The Morgan fingerprint density at radius 2 is 2.40 bits per heavy atom. The van der Waals surface area contributed by atoms with E-state index in [1.54, 1.807) is 12.5 Å². The maximum atomic E-state index is 11.0. The van der Waals surface area contributed by atoms with Crippen LogP contribution in [0.15, 0.2) is 17.9 Å². The molecule has 0 unspecified atom stereocenters. The van der Waals surface area contributed by atoms with E-state index < -0.39 is 10.2 Å². The second kappa shape index (κ2) is 3.56. The summed E-state index contributed by atoms with van der Waals surface area (Å²) in [6.45, 7) is 0.245. The molecule has 0 spiro atoms. The molecular formula is C7H10N4O2S2. The number of hydrogen-bond acceptors (Lipinski definition) is 4. The highest BCUT2D eigenvalue weighted by atomic mass is 32.2. The lowest BCUT2D eigenvalue weighted by Gasteiger charge is -2.12. The summed E-state index contributed by atoms with van der Waals surface area (Å²) in [6.07, 6.45) is 3.38. The quantitative estimate of drug-likeness (QED) is 0.829. The summed E-state index contributed by atoms with van der Waals surface area (Å²) >= 11 is 1.51. The van der Waals surface area contributed by atoms with Crippen molar-refractivity contribution in [2.75, 3.05) is 7.05 Å². The maximum absolute atomic E-state index is 11.0. The topological polar surface area (TPSA) is 80.7 Å². The molecule has 0 aliphatic rings. The molecule has 15 heavy (non-hydrogen) atoms. The van der Waals surface area contributed by atoms with Crippen molar-refractivity contribution in [2.24, 2.45) is 5.14 Å². The standard InChI is InChI=1S/C7H10N4O2S2/c1-10(15(8,12)13)3-6-4-14-7-2-9-5-11(6)7/h2,4-5H,3H2,1H3,(H2,8,12,13). The summed E-state index contributed by atoms with van der Waals surface area (Å²) in [5.41, 5.74) is 0.851. The van der Waals surface area contributed by atoms with Gasteiger partial charge in [-0.2, -0.15) is 12.7 Å². The van der Waals surface area contributed by atoms with Crippen LogP contribution in [0.1, 0.15) is 5.69 Å². The predicted molar refractivity (Wildman–Crippen MR) is 57.6 cm³/mol. The third-order valence-corrected chi connectivity index (χ3v) is 3.98. The fourth-order valence-electron chi connectivity index (χ4n) is 1.20. The minimum Gasteiger partial charge on any atom is -0.293 e. The fraction of sp³-hybridized carbons (Fsp3) is 0.286. The van der Waals surface area contributed by atoms with Gasteiger partial charge in [0.05, 0.1) is 18.4 Å². The van der Waals surface area contributed by atoms with Gasteiger partial charge in [-0.1, -0.05) is 0 Å². The summed E-state index contributed by atoms with van der Waals surface area (Å²) in [5, 5.41) is 6.88. The third-order valence-electron chi connectivity index (χ3n) is 2.05. The summed E-state index contributed by atoms with van der Waals surface area (Å²) in [7, 11) is -2.19. The molecule has 0 saturated carbocycles. The maximum Gasteiger partial charge on any atom is 0.277 e. The summed E-state index contributed by atoms with van der Waals surface area (Å²) in [6, 6.07) is 0. The predicted octanol–water partition coefficient (Wildman–Crippen LogP) is 0.0311. The Hall–Kier alpha value is -0.960. The van der Waals surface area contributed by atoms with Gasteiger partial charge in [0, 0.05) is 12.4 Å². The Morgan fingerprint density at radius 3 is 3.07 bits per heavy atom. The first-order valence-corrected chi connectivity index (χ1v) is 6.49. The average molecular weight is 246 g/mol. The highest BCUT2D eigenvalue weighted by Gasteiger charge is 2.14. The Balaban J connectivity index is 2.30. The molecule has 0 fully saturated rings. The smallest absolute Gasteiger partial charge is 0.277 e. The number of nitrogens with two attached hydrogens (primary N) is 1. The lowest BCUT2D eigenvalue weighted by atomic mass is 10.5. The van der Waals surface area contributed by atoms with Crippen molar-refractivity contribution < 1.29 is 8.42 Å². The molecule has 2 rings (SSSR count). The Kier molecular flexibility index (Phi) is 2.51. The van der Waals surface area contributed by atoms with E-state index in [-0.39, 0.29) is 6.54 Å². The molecule has 0 radical (unpaired) electrons. The molecule has 0 aliphatic heterocycles. The van der Waals surface area contributed by atoms with Crippen molar-refractivity contribution >= 4 is 26.4 Å². The largest absolute Gasteiger partial charge is 0.293 e. The van der Waals surface area contributed by atoms with Crippen LogP contribution < -0.4 is 5.14 Å². The number of nitrogens with zero attached hydrogens (tertiary/aromatic N) is 3. The van der Waals surface area contributed by atoms with Gasteiger partial charge in [0.15, 0.2) is 0 Å². The SMILES string of the molecule is CN(Cc1csc2cncn12)S(N)(=O)=O. The van der Waals surface area contributed by atoms with Gasteiger partial charge in [-0.15, -0.1) is 11.3 Å². The van der Waals surface area contributed by atoms with Gasteiger partial charge in [-0.3, -0.25) is 4.40 Å². The first-order valence-electron chi connectivity index (χ1n) is 4.11. The molecule has 2 heterocycles. The molecule has 8 heteroatoms. The molecular weight excluding hydrogens is 236 g/mol. The van der Waals surface area contributed by atoms with Gasteiger partial charge in [-0.05, 0) is 0 Å². The zero-order valence-electron chi connectivity index (χ0n) is 7.99. The van der Waals surface area contributed by atoms with E-state index in [9.17, 15) is 8.42 Å². The van der Waals surface area contributed by atoms with Gasteiger partial charge < -0.3 is 0 Å². The highest BCUT2D eigenvalue weighted by Crippen LogP contribution is 2.17. The third kappa shape index (κ3) is 2.02. The molecule has 0 saturated heterocycles. The Labute approximate surface area is 91.1 Å². The van der Waals surface area contributed by atoms with E-state index >= 15 is 0 Å². The minimum absolute atomic E-state index is 0.245. The highest BCUT2D eigenvalue weighted by molar-refractivity contribution is 7.86.